The first kappa shape index (κ1) is 22.4. The highest BCUT2D eigenvalue weighted by molar-refractivity contribution is 6.09. The summed E-state index contributed by atoms with van der Waals surface area (Å²) >= 11 is 0. The third-order valence-electron chi connectivity index (χ3n) is 4.94. The quantitative estimate of drug-likeness (QED) is 0.336. The molecule has 2 aliphatic rings. The fourth-order valence-corrected chi connectivity index (χ4v) is 4.34. The number of carbonyl (C=O) groups is 5. The molecule has 0 aromatic rings. The van der Waals surface area contributed by atoms with Crippen molar-refractivity contribution in [3.8, 4) is 0 Å². The number of hydrogen-bond donors (Lipinski definition) is 3. The van der Waals surface area contributed by atoms with E-state index in [1.54, 1.807) is 0 Å². The van der Waals surface area contributed by atoms with Crippen LogP contribution in [0, 0.1) is 11.3 Å². The molecule has 160 valence electrons. The third kappa shape index (κ3) is 5.55. The van der Waals surface area contributed by atoms with Gasteiger partial charge in [-0.05, 0) is 30.6 Å². The van der Waals surface area contributed by atoms with Crippen LogP contribution in [0.2, 0.25) is 0 Å². The van der Waals surface area contributed by atoms with Crippen molar-refractivity contribution in [2.45, 2.75) is 45.6 Å². The van der Waals surface area contributed by atoms with E-state index < -0.39 is 48.5 Å². The van der Waals surface area contributed by atoms with Crippen LogP contribution in [0.25, 0.3) is 0 Å². The van der Waals surface area contributed by atoms with Gasteiger partial charge in [0.15, 0.2) is 6.61 Å². The van der Waals surface area contributed by atoms with Gasteiger partial charge in [0.2, 0.25) is 0 Å². The van der Waals surface area contributed by atoms with Crippen LogP contribution in [0.4, 0.5) is 9.59 Å². The van der Waals surface area contributed by atoms with Crippen LogP contribution in [-0.4, -0.2) is 60.0 Å². The Morgan fingerprint density at radius 1 is 1.31 bits per heavy atom. The van der Waals surface area contributed by atoms with Gasteiger partial charge in [0, 0.05) is 6.54 Å². The summed E-state index contributed by atoms with van der Waals surface area (Å²) < 4.78 is 4.78. The Hall–Kier alpha value is -2.91. The highest BCUT2D eigenvalue weighted by Crippen LogP contribution is 2.46. The molecule has 0 aromatic carbocycles. The molecule has 0 bridgehead atoms. The minimum Gasteiger partial charge on any atom is -0.454 e. The number of urea groups is 2. The SMILES string of the molecule is C=CCNC(=O)NC(=O)COC(=O)CN1C(=O)NC2(CC(C)CC(C)(C)C2)C1=O. The summed E-state index contributed by atoms with van der Waals surface area (Å²) in [5, 5.41) is 7.06. The summed E-state index contributed by atoms with van der Waals surface area (Å²) in [4.78, 5) is 61.1. The number of nitrogens with one attached hydrogen (secondary N) is 3. The molecule has 1 saturated carbocycles. The predicted molar refractivity (Wildman–Crippen MR) is 102 cm³/mol. The number of esters is 1. The second-order valence-electron chi connectivity index (χ2n) is 8.47. The second kappa shape index (κ2) is 8.62. The minimum atomic E-state index is -1.01. The molecule has 10 heteroatoms. The van der Waals surface area contributed by atoms with Gasteiger partial charge in [-0.3, -0.25) is 24.6 Å². The van der Waals surface area contributed by atoms with Crippen LogP contribution in [0.3, 0.4) is 0 Å². The first-order valence-corrected chi connectivity index (χ1v) is 9.46. The zero-order valence-electron chi connectivity index (χ0n) is 17.0. The van der Waals surface area contributed by atoms with E-state index in [0.29, 0.717) is 12.8 Å². The molecule has 0 radical (unpaired) electrons. The van der Waals surface area contributed by atoms with Gasteiger partial charge in [0.25, 0.3) is 11.8 Å². The predicted octanol–water partition coefficient (Wildman–Crippen LogP) is 0.678. The first-order chi connectivity index (χ1) is 13.5. The Labute approximate surface area is 169 Å². The van der Waals surface area contributed by atoms with Crippen molar-refractivity contribution in [3.05, 3.63) is 12.7 Å². The van der Waals surface area contributed by atoms with Gasteiger partial charge in [0.05, 0.1) is 0 Å². The molecule has 29 heavy (non-hydrogen) atoms. The van der Waals surface area contributed by atoms with E-state index in [1.165, 1.54) is 6.08 Å². The Kier molecular flexibility index (Phi) is 6.66. The molecular weight excluding hydrogens is 380 g/mol. The van der Waals surface area contributed by atoms with Gasteiger partial charge in [-0.1, -0.05) is 26.8 Å². The summed E-state index contributed by atoms with van der Waals surface area (Å²) in [6.07, 6.45) is 3.37. The van der Waals surface area contributed by atoms with E-state index in [0.717, 1.165) is 11.3 Å². The normalized spacial score (nSPS) is 25.3. The summed E-state index contributed by atoms with van der Waals surface area (Å²) in [7, 11) is 0. The highest BCUT2D eigenvalue weighted by atomic mass is 16.5. The molecule has 1 aliphatic carbocycles. The summed E-state index contributed by atoms with van der Waals surface area (Å²) in [5.74, 6) is -1.97. The van der Waals surface area contributed by atoms with Crippen LogP contribution in [0.1, 0.15) is 40.0 Å². The molecule has 1 heterocycles. The molecule has 0 aromatic heterocycles. The Morgan fingerprint density at radius 3 is 2.62 bits per heavy atom. The molecule has 1 aliphatic heterocycles. The van der Waals surface area contributed by atoms with E-state index in [1.807, 2.05) is 26.1 Å². The van der Waals surface area contributed by atoms with Gasteiger partial charge in [-0.2, -0.15) is 0 Å². The average molecular weight is 408 g/mol. The number of hydrogen-bond acceptors (Lipinski definition) is 6. The maximum Gasteiger partial charge on any atom is 0.326 e. The van der Waals surface area contributed by atoms with Crippen LogP contribution in [0.5, 0.6) is 0 Å². The fraction of sp³-hybridized carbons (Fsp3) is 0.632. The molecular formula is C19H28N4O6. The summed E-state index contributed by atoms with van der Waals surface area (Å²) in [6.45, 7) is 8.40. The van der Waals surface area contributed by atoms with E-state index >= 15 is 0 Å². The van der Waals surface area contributed by atoms with Crippen LogP contribution < -0.4 is 16.0 Å². The monoisotopic (exact) mass is 408 g/mol. The van der Waals surface area contributed by atoms with Gasteiger partial charge >= 0.3 is 18.0 Å². The van der Waals surface area contributed by atoms with Crippen molar-refractivity contribution < 1.29 is 28.7 Å². The second-order valence-corrected chi connectivity index (χ2v) is 8.47. The van der Waals surface area contributed by atoms with Crippen molar-refractivity contribution in [3.63, 3.8) is 0 Å². The van der Waals surface area contributed by atoms with Crippen molar-refractivity contribution in [1.29, 1.82) is 0 Å². The fourth-order valence-electron chi connectivity index (χ4n) is 4.34. The zero-order chi connectivity index (χ0) is 21.8. The summed E-state index contributed by atoms with van der Waals surface area (Å²) in [5.41, 5.74) is -1.14. The molecule has 10 nitrogen and oxygen atoms in total. The lowest BCUT2D eigenvalue weighted by molar-refractivity contribution is -0.151. The maximum absolute atomic E-state index is 12.9. The maximum atomic E-state index is 12.9. The lowest BCUT2D eigenvalue weighted by Gasteiger charge is -2.43. The number of carbonyl (C=O) groups excluding carboxylic acids is 5. The molecule has 6 amide bonds. The third-order valence-corrected chi connectivity index (χ3v) is 4.94. The van der Waals surface area contributed by atoms with Gasteiger partial charge in [0.1, 0.15) is 12.1 Å². The van der Waals surface area contributed by atoms with Crippen molar-refractivity contribution >= 4 is 29.8 Å². The molecule has 2 atom stereocenters. The Bertz CT molecular complexity index is 734. The van der Waals surface area contributed by atoms with Crippen molar-refractivity contribution in [1.82, 2.24) is 20.9 Å². The van der Waals surface area contributed by atoms with E-state index in [-0.39, 0.29) is 17.9 Å². The smallest absolute Gasteiger partial charge is 0.326 e. The lowest BCUT2D eigenvalue weighted by atomic mass is 9.64. The highest BCUT2D eigenvalue weighted by Gasteiger charge is 2.56. The lowest BCUT2D eigenvalue weighted by Crippen LogP contribution is -2.54. The number of rotatable bonds is 6. The van der Waals surface area contributed by atoms with Crippen LogP contribution in [-0.2, 0) is 19.1 Å². The van der Waals surface area contributed by atoms with Crippen molar-refractivity contribution in [2.24, 2.45) is 11.3 Å². The van der Waals surface area contributed by atoms with Crippen LogP contribution in [0.15, 0.2) is 12.7 Å². The standard InChI is InChI=1S/C19H28N4O6/c1-5-6-20-16(27)21-13(24)10-29-14(25)9-23-15(26)19(22-17(23)28)8-12(2)7-18(3,4)11-19/h5,12H,1,6-11H2,2-4H3,(H,22,28)(H2,20,21,24,27). The topological polar surface area (TPSA) is 134 Å². The molecule has 2 rings (SSSR count). The Morgan fingerprint density at radius 2 is 2.00 bits per heavy atom. The number of amides is 6. The van der Waals surface area contributed by atoms with E-state index in [2.05, 4.69) is 17.2 Å². The minimum absolute atomic E-state index is 0.124. The average Bonchev–Trinajstić information content (AvgIpc) is 2.79. The number of imide groups is 2. The van der Waals surface area contributed by atoms with Crippen LogP contribution >= 0.6 is 0 Å². The molecule has 2 unspecified atom stereocenters. The first-order valence-electron chi connectivity index (χ1n) is 9.46. The van der Waals surface area contributed by atoms with Gasteiger partial charge in [-0.15, -0.1) is 6.58 Å². The van der Waals surface area contributed by atoms with E-state index in [4.69, 9.17) is 4.74 Å². The largest absolute Gasteiger partial charge is 0.454 e. The van der Waals surface area contributed by atoms with Crippen molar-refractivity contribution in [2.75, 3.05) is 19.7 Å². The zero-order valence-corrected chi connectivity index (χ0v) is 17.0. The molecule has 1 saturated heterocycles. The summed E-state index contributed by atoms with van der Waals surface area (Å²) in [6, 6.07) is -1.40. The molecule has 3 N–H and O–H groups in total. The number of ether oxygens (including phenoxy) is 1. The van der Waals surface area contributed by atoms with Gasteiger partial charge in [-0.25, -0.2) is 9.59 Å². The molecule has 2 fully saturated rings. The van der Waals surface area contributed by atoms with Gasteiger partial charge < -0.3 is 15.4 Å². The molecule has 1 spiro atoms. The number of nitrogens with zero attached hydrogens (tertiary/aromatic N) is 1. The van der Waals surface area contributed by atoms with E-state index in [9.17, 15) is 24.0 Å². The Balaban J connectivity index is 1.90.